The SMILES string of the molecule is Cc1nc2n(n1)C[C@H](NC[C@H](O)CN1CCC(C)CC1)CC2. The summed E-state index contributed by atoms with van der Waals surface area (Å²) in [5, 5.41) is 18.2. The van der Waals surface area contributed by atoms with Crippen molar-refractivity contribution >= 4 is 0 Å². The fourth-order valence-corrected chi connectivity index (χ4v) is 3.51. The minimum Gasteiger partial charge on any atom is -0.390 e. The lowest BCUT2D eigenvalue weighted by atomic mass is 9.99. The van der Waals surface area contributed by atoms with E-state index in [4.69, 9.17) is 0 Å². The lowest BCUT2D eigenvalue weighted by molar-refractivity contribution is 0.0874. The molecule has 0 aliphatic carbocycles. The smallest absolute Gasteiger partial charge is 0.147 e. The highest BCUT2D eigenvalue weighted by Crippen LogP contribution is 2.16. The second kappa shape index (κ2) is 7.06. The Morgan fingerprint density at radius 2 is 2.09 bits per heavy atom. The van der Waals surface area contributed by atoms with Crippen LogP contribution in [0.25, 0.3) is 0 Å². The van der Waals surface area contributed by atoms with Gasteiger partial charge in [-0.1, -0.05) is 6.92 Å². The Labute approximate surface area is 132 Å². The van der Waals surface area contributed by atoms with Gasteiger partial charge < -0.3 is 15.3 Å². The molecule has 1 saturated heterocycles. The molecule has 124 valence electrons. The highest BCUT2D eigenvalue weighted by atomic mass is 16.3. The summed E-state index contributed by atoms with van der Waals surface area (Å²) in [6.07, 6.45) is 4.28. The number of aromatic nitrogens is 3. The van der Waals surface area contributed by atoms with E-state index in [0.29, 0.717) is 12.6 Å². The molecule has 3 heterocycles. The molecule has 0 saturated carbocycles. The van der Waals surface area contributed by atoms with Crippen LogP contribution >= 0.6 is 0 Å². The van der Waals surface area contributed by atoms with E-state index in [1.165, 1.54) is 12.8 Å². The average Bonchev–Trinajstić information content (AvgIpc) is 2.87. The van der Waals surface area contributed by atoms with Gasteiger partial charge in [0.2, 0.25) is 0 Å². The first-order valence-corrected chi connectivity index (χ1v) is 8.64. The van der Waals surface area contributed by atoms with Gasteiger partial charge in [-0.15, -0.1) is 0 Å². The maximum atomic E-state index is 10.3. The first-order chi connectivity index (χ1) is 10.6. The Morgan fingerprint density at radius 1 is 1.32 bits per heavy atom. The van der Waals surface area contributed by atoms with Gasteiger partial charge in [0.25, 0.3) is 0 Å². The molecule has 6 heteroatoms. The molecular formula is C16H29N5O. The third-order valence-electron chi connectivity index (χ3n) is 4.95. The van der Waals surface area contributed by atoms with E-state index >= 15 is 0 Å². The fraction of sp³-hybridized carbons (Fsp3) is 0.875. The van der Waals surface area contributed by atoms with E-state index in [-0.39, 0.29) is 6.10 Å². The van der Waals surface area contributed by atoms with Crippen molar-refractivity contribution in [3.63, 3.8) is 0 Å². The summed E-state index contributed by atoms with van der Waals surface area (Å²) >= 11 is 0. The summed E-state index contributed by atoms with van der Waals surface area (Å²) in [4.78, 5) is 6.83. The molecule has 0 radical (unpaired) electrons. The minimum absolute atomic E-state index is 0.285. The van der Waals surface area contributed by atoms with Crippen molar-refractivity contribution in [2.24, 2.45) is 5.92 Å². The summed E-state index contributed by atoms with van der Waals surface area (Å²) in [6, 6.07) is 0.393. The second-order valence-electron chi connectivity index (χ2n) is 7.04. The van der Waals surface area contributed by atoms with Crippen LogP contribution in [0.3, 0.4) is 0 Å². The number of nitrogens with one attached hydrogen (secondary N) is 1. The van der Waals surface area contributed by atoms with Crippen LogP contribution in [0.1, 0.15) is 37.8 Å². The number of piperidine rings is 1. The zero-order valence-electron chi connectivity index (χ0n) is 13.8. The molecule has 1 aromatic rings. The number of hydrogen-bond acceptors (Lipinski definition) is 5. The molecule has 1 fully saturated rings. The van der Waals surface area contributed by atoms with Crippen LogP contribution in [-0.2, 0) is 13.0 Å². The van der Waals surface area contributed by atoms with Gasteiger partial charge >= 0.3 is 0 Å². The Bertz CT molecular complexity index is 481. The van der Waals surface area contributed by atoms with Crippen LogP contribution in [0.15, 0.2) is 0 Å². The molecule has 2 N–H and O–H groups in total. The largest absolute Gasteiger partial charge is 0.390 e. The predicted octanol–water partition coefficient (Wildman–Crippen LogP) is 0.584. The van der Waals surface area contributed by atoms with E-state index in [1.807, 2.05) is 11.6 Å². The van der Waals surface area contributed by atoms with Gasteiger partial charge in [-0.05, 0) is 45.2 Å². The lowest BCUT2D eigenvalue weighted by Crippen LogP contribution is -2.46. The van der Waals surface area contributed by atoms with E-state index in [1.54, 1.807) is 0 Å². The standard InChI is InChI=1S/C16H29N5O/c1-12-5-7-20(8-6-12)11-15(22)9-17-14-3-4-16-18-13(2)19-21(16)10-14/h12,14-15,17,22H,3-11H2,1-2H3/t14-,15+/m1/s1. The van der Waals surface area contributed by atoms with Crippen LogP contribution < -0.4 is 5.32 Å². The third kappa shape index (κ3) is 4.06. The summed E-state index contributed by atoms with van der Waals surface area (Å²) in [5.74, 6) is 2.79. The molecular weight excluding hydrogens is 278 g/mol. The van der Waals surface area contributed by atoms with Gasteiger partial charge in [-0.25, -0.2) is 9.67 Å². The number of nitrogens with zero attached hydrogens (tertiary/aromatic N) is 4. The molecule has 1 aromatic heterocycles. The molecule has 2 aliphatic rings. The first kappa shape index (κ1) is 15.9. The predicted molar refractivity (Wildman–Crippen MR) is 85.7 cm³/mol. The Balaban J connectivity index is 1.39. The molecule has 2 atom stereocenters. The summed E-state index contributed by atoms with van der Waals surface area (Å²) in [5.41, 5.74) is 0. The molecule has 0 spiro atoms. The number of fused-ring (bicyclic) bond motifs is 1. The van der Waals surface area contributed by atoms with Crippen molar-refractivity contribution in [2.45, 2.75) is 58.2 Å². The number of β-amino-alcohol motifs (C(OH)–C–C–N with tert-alkyl or cyclic N) is 1. The van der Waals surface area contributed by atoms with Crippen LogP contribution in [-0.4, -0.2) is 63.1 Å². The number of likely N-dealkylation sites (tertiary alicyclic amines) is 1. The van der Waals surface area contributed by atoms with Crippen LogP contribution in [0.4, 0.5) is 0 Å². The molecule has 2 aliphatic heterocycles. The quantitative estimate of drug-likeness (QED) is 0.833. The maximum Gasteiger partial charge on any atom is 0.147 e. The monoisotopic (exact) mass is 307 g/mol. The van der Waals surface area contributed by atoms with Gasteiger partial charge in [0.15, 0.2) is 0 Å². The van der Waals surface area contributed by atoms with Crippen molar-refractivity contribution < 1.29 is 5.11 Å². The van der Waals surface area contributed by atoms with Crippen LogP contribution in [0.2, 0.25) is 0 Å². The summed E-state index contributed by atoms with van der Waals surface area (Å²) < 4.78 is 2.01. The number of aliphatic hydroxyl groups is 1. The zero-order chi connectivity index (χ0) is 15.5. The second-order valence-corrected chi connectivity index (χ2v) is 7.04. The van der Waals surface area contributed by atoms with Gasteiger partial charge in [0, 0.05) is 25.6 Å². The Morgan fingerprint density at radius 3 is 2.86 bits per heavy atom. The number of hydrogen-bond donors (Lipinski definition) is 2. The van der Waals surface area contributed by atoms with Gasteiger partial charge in [-0.2, -0.15) is 5.10 Å². The third-order valence-corrected chi connectivity index (χ3v) is 4.95. The minimum atomic E-state index is -0.285. The van der Waals surface area contributed by atoms with Crippen molar-refractivity contribution in [2.75, 3.05) is 26.2 Å². The maximum absolute atomic E-state index is 10.3. The highest BCUT2D eigenvalue weighted by molar-refractivity contribution is 4.96. The molecule has 0 amide bonds. The van der Waals surface area contributed by atoms with Gasteiger partial charge in [-0.3, -0.25) is 0 Å². The zero-order valence-corrected chi connectivity index (χ0v) is 13.8. The number of aliphatic hydroxyl groups excluding tert-OH is 1. The van der Waals surface area contributed by atoms with Gasteiger partial charge in [0.05, 0.1) is 12.6 Å². The van der Waals surface area contributed by atoms with Crippen LogP contribution in [0, 0.1) is 12.8 Å². The summed E-state index contributed by atoms with van der Waals surface area (Å²) in [6.45, 7) is 8.84. The first-order valence-electron chi connectivity index (χ1n) is 8.64. The van der Waals surface area contributed by atoms with Crippen molar-refractivity contribution in [1.82, 2.24) is 25.0 Å². The van der Waals surface area contributed by atoms with Crippen LogP contribution in [0.5, 0.6) is 0 Å². The average molecular weight is 307 g/mol. The normalized spacial score (nSPS) is 25.1. The summed E-state index contributed by atoms with van der Waals surface area (Å²) in [7, 11) is 0. The molecule has 6 nitrogen and oxygen atoms in total. The van der Waals surface area contributed by atoms with Gasteiger partial charge in [0.1, 0.15) is 11.6 Å². The lowest BCUT2D eigenvalue weighted by Gasteiger charge is -2.32. The molecule has 0 aromatic carbocycles. The molecule has 0 bridgehead atoms. The van der Waals surface area contributed by atoms with Crippen molar-refractivity contribution in [3.05, 3.63) is 11.6 Å². The molecule has 22 heavy (non-hydrogen) atoms. The topological polar surface area (TPSA) is 66.2 Å². The fourth-order valence-electron chi connectivity index (χ4n) is 3.51. The molecule has 3 rings (SSSR count). The molecule has 0 unspecified atom stereocenters. The Hall–Kier alpha value is -0.980. The number of rotatable bonds is 5. The van der Waals surface area contributed by atoms with E-state index in [2.05, 4.69) is 27.2 Å². The Kier molecular flexibility index (Phi) is 5.10. The van der Waals surface area contributed by atoms with Crippen molar-refractivity contribution in [1.29, 1.82) is 0 Å². The number of aryl methyl sites for hydroxylation is 2. The van der Waals surface area contributed by atoms with Crippen molar-refractivity contribution in [3.8, 4) is 0 Å². The van der Waals surface area contributed by atoms with E-state index in [9.17, 15) is 5.11 Å². The van der Waals surface area contributed by atoms with E-state index < -0.39 is 0 Å². The van der Waals surface area contributed by atoms with E-state index in [0.717, 1.165) is 56.6 Å². The highest BCUT2D eigenvalue weighted by Gasteiger charge is 2.22.